The molecule has 0 atom stereocenters. The van der Waals surface area contributed by atoms with Crippen LogP contribution in [0, 0.1) is 17.0 Å². The van der Waals surface area contributed by atoms with Crippen LogP contribution in [0.1, 0.15) is 39.0 Å². The van der Waals surface area contributed by atoms with Gasteiger partial charge in [0.2, 0.25) is 5.91 Å². The number of amidine groups is 1. The van der Waals surface area contributed by atoms with Crippen LogP contribution in [-0.2, 0) is 16.1 Å². The molecule has 4 N–H and O–H groups in total. The first-order valence-corrected chi connectivity index (χ1v) is 11.6. The first kappa shape index (κ1) is 26.2. The smallest absolute Gasteiger partial charge is 0.305 e. The predicted octanol–water partition coefficient (Wildman–Crippen LogP) is 3.88. The number of carboxylic acid groups (broad SMARTS) is 1. The molecule has 8 nitrogen and oxygen atoms in total. The zero-order valence-electron chi connectivity index (χ0n) is 20.2. The van der Waals surface area contributed by atoms with E-state index in [1.54, 1.807) is 54.6 Å². The van der Waals surface area contributed by atoms with Crippen molar-refractivity contribution in [1.29, 1.82) is 5.41 Å². The van der Waals surface area contributed by atoms with Gasteiger partial charge in [0.15, 0.2) is 0 Å². The van der Waals surface area contributed by atoms with Gasteiger partial charge in [-0.25, -0.2) is 8.78 Å². The number of anilines is 1. The van der Waals surface area contributed by atoms with E-state index >= 15 is 0 Å². The number of aliphatic carboxylic acids is 1. The molecular formula is C28H24F2N4O4. The maximum Gasteiger partial charge on any atom is 0.305 e. The summed E-state index contributed by atoms with van der Waals surface area (Å²) in [6.45, 7) is -0.812. The summed E-state index contributed by atoms with van der Waals surface area (Å²) in [7, 11) is 0. The maximum absolute atomic E-state index is 14.4. The van der Waals surface area contributed by atoms with Gasteiger partial charge in [-0.15, -0.1) is 0 Å². The van der Waals surface area contributed by atoms with E-state index in [1.807, 2.05) is 0 Å². The van der Waals surface area contributed by atoms with Crippen molar-refractivity contribution in [1.82, 2.24) is 4.90 Å². The summed E-state index contributed by atoms with van der Waals surface area (Å²) in [6.07, 6.45) is 3.21. The number of fused-ring (bicyclic) bond motifs is 1. The summed E-state index contributed by atoms with van der Waals surface area (Å²) >= 11 is 0. The summed E-state index contributed by atoms with van der Waals surface area (Å²) in [5, 5.41) is 16.6. The second kappa shape index (κ2) is 11.0. The van der Waals surface area contributed by atoms with Crippen LogP contribution in [0.4, 0.5) is 14.5 Å². The number of rotatable bonds is 8. The van der Waals surface area contributed by atoms with Gasteiger partial charge >= 0.3 is 5.97 Å². The molecule has 38 heavy (non-hydrogen) atoms. The van der Waals surface area contributed by atoms with Crippen LogP contribution in [0.25, 0.3) is 12.2 Å². The minimum atomic E-state index is -1.12. The number of nitrogen functional groups attached to an aromatic ring is 1. The third-order valence-corrected chi connectivity index (χ3v) is 6.09. The predicted molar refractivity (Wildman–Crippen MR) is 139 cm³/mol. The van der Waals surface area contributed by atoms with Gasteiger partial charge in [0.1, 0.15) is 24.0 Å². The number of nitrogens with two attached hydrogens (primary N) is 1. The van der Waals surface area contributed by atoms with E-state index in [4.69, 9.17) is 16.2 Å². The van der Waals surface area contributed by atoms with Crippen molar-refractivity contribution in [3.8, 4) is 0 Å². The van der Waals surface area contributed by atoms with Crippen molar-refractivity contribution in [2.24, 2.45) is 5.73 Å². The van der Waals surface area contributed by atoms with Gasteiger partial charge in [-0.1, -0.05) is 48.6 Å². The Balaban J connectivity index is 1.70. The summed E-state index contributed by atoms with van der Waals surface area (Å²) < 4.78 is 27.8. The Labute approximate surface area is 217 Å². The molecule has 0 fully saturated rings. The molecule has 0 spiro atoms. The molecule has 194 valence electrons. The minimum Gasteiger partial charge on any atom is -0.481 e. The van der Waals surface area contributed by atoms with Crippen molar-refractivity contribution in [3.63, 3.8) is 0 Å². The molecule has 3 aromatic rings. The van der Waals surface area contributed by atoms with Crippen LogP contribution in [-0.4, -0.2) is 46.7 Å². The molecule has 0 aliphatic carbocycles. The monoisotopic (exact) mass is 518 g/mol. The van der Waals surface area contributed by atoms with E-state index in [1.165, 1.54) is 11.0 Å². The highest BCUT2D eigenvalue weighted by atomic mass is 19.1. The number of benzene rings is 3. The molecule has 0 saturated carbocycles. The van der Waals surface area contributed by atoms with E-state index in [9.17, 15) is 23.2 Å². The Kier molecular flexibility index (Phi) is 7.61. The van der Waals surface area contributed by atoms with Crippen LogP contribution in [0.3, 0.4) is 0 Å². The third-order valence-electron chi connectivity index (χ3n) is 6.09. The Morgan fingerprint density at radius 2 is 1.68 bits per heavy atom. The minimum absolute atomic E-state index is 0.0446. The lowest BCUT2D eigenvalue weighted by Crippen LogP contribution is -2.40. The summed E-state index contributed by atoms with van der Waals surface area (Å²) in [4.78, 5) is 40.1. The topological polar surface area (TPSA) is 128 Å². The number of carboxylic acids is 1. The van der Waals surface area contributed by atoms with E-state index in [0.29, 0.717) is 11.1 Å². The van der Waals surface area contributed by atoms with E-state index in [-0.39, 0.29) is 42.2 Å². The summed E-state index contributed by atoms with van der Waals surface area (Å²) in [6, 6.07) is 14.9. The van der Waals surface area contributed by atoms with Crippen molar-refractivity contribution >= 4 is 41.5 Å². The van der Waals surface area contributed by atoms with E-state index < -0.39 is 36.0 Å². The SMILES string of the molecule is N=C(N)c1ccc(C=Cc2ccc3c(c2)C(=O)N(CCC(=O)O)CC(=O)N3Cc2ccc(F)cc2F)cc1. The van der Waals surface area contributed by atoms with Crippen LogP contribution < -0.4 is 10.6 Å². The van der Waals surface area contributed by atoms with Gasteiger partial charge in [0, 0.05) is 23.7 Å². The van der Waals surface area contributed by atoms with Crippen molar-refractivity contribution in [2.75, 3.05) is 18.0 Å². The largest absolute Gasteiger partial charge is 0.481 e. The lowest BCUT2D eigenvalue weighted by Gasteiger charge is -2.23. The first-order chi connectivity index (χ1) is 18.1. The van der Waals surface area contributed by atoms with Gasteiger partial charge in [-0.05, 0) is 29.3 Å². The number of halogens is 2. The van der Waals surface area contributed by atoms with E-state index in [2.05, 4.69) is 0 Å². The lowest BCUT2D eigenvalue weighted by molar-refractivity contribution is -0.137. The fourth-order valence-corrected chi connectivity index (χ4v) is 4.06. The molecule has 2 amide bonds. The lowest BCUT2D eigenvalue weighted by atomic mass is 10.0. The normalized spacial score (nSPS) is 13.5. The third kappa shape index (κ3) is 5.92. The Morgan fingerprint density at radius 3 is 2.34 bits per heavy atom. The van der Waals surface area contributed by atoms with Crippen molar-refractivity contribution in [3.05, 3.63) is 100 Å². The average molecular weight is 519 g/mol. The molecule has 0 aromatic heterocycles. The number of hydrogen-bond acceptors (Lipinski definition) is 4. The number of carbonyl (C=O) groups excluding carboxylic acids is 2. The molecule has 4 rings (SSSR count). The fraction of sp³-hybridized carbons (Fsp3) is 0.143. The standard InChI is InChI=1S/C28H24F2N4O4/c29-21-9-8-20(23(30)14-21)15-34-24-10-5-18(2-1-17-3-6-19(7-4-17)27(31)32)13-22(24)28(38)33(16-25(34)35)12-11-26(36)37/h1-10,13-14H,11-12,15-16H2,(H3,31,32)(H,36,37). The fourth-order valence-electron chi connectivity index (χ4n) is 4.06. The quantitative estimate of drug-likeness (QED) is 0.237. The van der Waals surface area contributed by atoms with Crippen LogP contribution in [0.15, 0.2) is 60.7 Å². The van der Waals surface area contributed by atoms with Crippen LogP contribution in [0.2, 0.25) is 0 Å². The van der Waals surface area contributed by atoms with Gasteiger partial charge in [-0.3, -0.25) is 19.8 Å². The number of carbonyl (C=O) groups is 3. The van der Waals surface area contributed by atoms with E-state index in [0.717, 1.165) is 22.6 Å². The van der Waals surface area contributed by atoms with Gasteiger partial charge in [0.25, 0.3) is 5.91 Å². The zero-order chi connectivity index (χ0) is 27.4. The van der Waals surface area contributed by atoms with Crippen LogP contribution in [0.5, 0.6) is 0 Å². The number of nitrogens with zero attached hydrogens (tertiary/aromatic N) is 2. The highest BCUT2D eigenvalue weighted by Gasteiger charge is 2.32. The first-order valence-electron chi connectivity index (χ1n) is 11.6. The molecule has 1 aliphatic heterocycles. The van der Waals surface area contributed by atoms with Gasteiger partial charge in [-0.2, -0.15) is 0 Å². The van der Waals surface area contributed by atoms with Crippen molar-refractivity contribution in [2.45, 2.75) is 13.0 Å². The number of nitrogens with one attached hydrogen (secondary N) is 1. The molecule has 3 aromatic carbocycles. The Morgan fingerprint density at radius 1 is 1.00 bits per heavy atom. The Hall–Kier alpha value is -4.86. The van der Waals surface area contributed by atoms with Gasteiger partial charge < -0.3 is 20.6 Å². The number of hydrogen-bond donors (Lipinski definition) is 3. The summed E-state index contributed by atoms with van der Waals surface area (Å²) in [5.74, 6) is -3.80. The molecule has 0 radical (unpaired) electrons. The summed E-state index contributed by atoms with van der Waals surface area (Å²) in [5.41, 5.74) is 7.98. The Bertz CT molecular complexity index is 1450. The second-order valence-corrected chi connectivity index (χ2v) is 8.73. The van der Waals surface area contributed by atoms with Crippen molar-refractivity contribution < 1.29 is 28.3 Å². The highest BCUT2D eigenvalue weighted by Crippen LogP contribution is 2.30. The molecule has 1 aliphatic rings. The molecule has 0 saturated heterocycles. The molecule has 10 heteroatoms. The molecule has 1 heterocycles. The second-order valence-electron chi connectivity index (χ2n) is 8.73. The molecule has 0 bridgehead atoms. The average Bonchev–Trinajstić information content (AvgIpc) is 2.97. The van der Waals surface area contributed by atoms with Crippen LogP contribution >= 0.6 is 0 Å². The van der Waals surface area contributed by atoms with Gasteiger partial charge in [0.05, 0.1) is 24.2 Å². The molecule has 0 unspecified atom stereocenters. The molecular weight excluding hydrogens is 494 g/mol. The zero-order valence-corrected chi connectivity index (χ0v) is 20.2. The maximum atomic E-state index is 14.4. The highest BCUT2D eigenvalue weighted by molar-refractivity contribution is 6.10. The number of amides is 2.